The summed E-state index contributed by atoms with van der Waals surface area (Å²) in [6.07, 6.45) is 11.8. The number of hydrogen-bond acceptors (Lipinski definition) is 2. The van der Waals surface area contributed by atoms with Gasteiger partial charge in [-0.3, -0.25) is 0 Å². The van der Waals surface area contributed by atoms with E-state index in [4.69, 9.17) is 0 Å². The molecule has 0 bridgehead atoms. The molecule has 4 rings (SSSR count). The van der Waals surface area contributed by atoms with Crippen LogP contribution in [0.2, 0.25) is 0 Å². The molecule has 0 aromatic carbocycles. The summed E-state index contributed by atoms with van der Waals surface area (Å²) in [4.78, 5) is 0. The van der Waals surface area contributed by atoms with E-state index < -0.39 is 0 Å². The van der Waals surface area contributed by atoms with Gasteiger partial charge in [-0.25, -0.2) is 0 Å². The Morgan fingerprint density at radius 2 is 1.43 bits per heavy atom. The molecule has 0 amide bonds. The van der Waals surface area contributed by atoms with Gasteiger partial charge in [-0.2, -0.15) is 0 Å². The van der Waals surface area contributed by atoms with Crippen LogP contribution in [0.1, 0.15) is 106 Å². The molecule has 4 aliphatic carbocycles. The molecule has 30 heavy (non-hydrogen) atoms. The van der Waals surface area contributed by atoms with Gasteiger partial charge in [0.05, 0.1) is 12.2 Å². The molecule has 0 saturated heterocycles. The van der Waals surface area contributed by atoms with Gasteiger partial charge in [0.2, 0.25) is 0 Å². The van der Waals surface area contributed by atoms with Gasteiger partial charge in [0.15, 0.2) is 0 Å². The Kier molecular flexibility index (Phi) is 6.44. The van der Waals surface area contributed by atoms with Crippen LogP contribution in [-0.4, -0.2) is 22.4 Å². The second-order valence-electron chi connectivity index (χ2n) is 13.2. The second kappa shape index (κ2) is 8.36. The molecule has 11 atom stereocenters. The lowest BCUT2D eigenvalue weighted by molar-refractivity contribution is -0.172. The van der Waals surface area contributed by atoms with E-state index in [1.165, 1.54) is 38.5 Å². The average molecular weight is 419 g/mol. The number of hydrogen-bond donors (Lipinski definition) is 2. The van der Waals surface area contributed by atoms with Gasteiger partial charge in [-0.15, -0.1) is 0 Å². The van der Waals surface area contributed by atoms with E-state index in [-0.39, 0.29) is 17.6 Å². The van der Waals surface area contributed by atoms with Gasteiger partial charge >= 0.3 is 0 Å². The maximum absolute atomic E-state index is 11.2. The predicted molar refractivity (Wildman–Crippen MR) is 125 cm³/mol. The van der Waals surface area contributed by atoms with Crippen LogP contribution < -0.4 is 0 Å². The molecule has 174 valence electrons. The maximum Gasteiger partial charge on any atom is 0.0577 e. The summed E-state index contributed by atoms with van der Waals surface area (Å²) in [5, 5.41) is 21.5. The van der Waals surface area contributed by atoms with Crippen molar-refractivity contribution >= 4 is 0 Å². The smallest absolute Gasteiger partial charge is 0.0577 e. The van der Waals surface area contributed by atoms with Gasteiger partial charge in [0.1, 0.15) is 0 Å². The van der Waals surface area contributed by atoms with Crippen molar-refractivity contribution in [3.8, 4) is 0 Å². The van der Waals surface area contributed by atoms with Gasteiger partial charge in [0, 0.05) is 0 Å². The molecular weight excluding hydrogens is 368 g/mol. The minimum absolute atomic E-state index is 0.187. The molecule has 2 heteroatoms. The first-order chi connectivity index (χ1) is 14.1. The zero-order valence-corrected chi connectivity index (χ0v) is 20.7. The van der Waals surface area contributed by atoms with Gasteiger partial charge in [0.25, 0.3) is 0 Å². The summed E-state index contributed by atoms with van der Waals surface area (Å²) in [5.41, 5.74) is 0.734. The summed E-state index contributed by atoms with van der Waals surface area (Å²) in [6, 6.07) is 0. The Morgan fingerprint density at radius 1 is 0.767 bits per heavy atom. The Balaban J connectivity index is 1.49. The van der Waals surface area contributed by atoms with E-state index in [1.807, 2.05) is 0 Å². The molecule has 0 radical (unpaired) electrons. The van der Waals surface area contributed by atoms with Crippen molar-refractivity contribution in [3.05, 3.63) is 0 Å². The monoisotopic (exact) mass is 418 g/mol. The molecule has 0 spiro atoms. The van der Waals surface area contributed by atoms with Crippen LogP contribution in [0.25, 0.3) is 0 Å². The largest absolute Gasteiger partial charge is 0.393 e. The Bertz CT molecular complexity index is 601. The van der Waals surface area contributed by atoms with E-state index in [2.05, 4.69) is 41.5 Å². The third-order valence-corrected chi connectivity index (χ3v) is 11.6. The molecular formula is C28H50O2. The van der Waals surface area contributed by atoms with Gasteiger partial charge in [-0.1, -0.05) is 54.4 Å². The van der Waals surface area contributed by atoms with Crippen LogP contribution >= 0.6 is 0 Å². The Morgan fingerprint density at radius 3 is 2.13 bits per heavy atom. The maximum atomic E-state index is 11.2. The molecule has 0 aliphatic heterocycles. The van der Waals surface area contributed by atoms with E-state index in [9.17, 15) is 10.2 Å². The lowest BCUT2D eigenvalue weighted by Gasteiger charge is -2.62. The third kappa shape index (κ3) is 3.70. The summed E-state index contributed by atoms with van der Waals surface area (Å²) in [7, 11) is 0. The highest BCUT2D eigenvalue weighted by Gasteiger charge is 2.62. The lowest BCUT2D eigenvalue weighted by Crippen LogP contribution is -2.58. The summed E-state index contributed by atoms with van der Waals surface area (Å²) < 4.78 is 0. The fraction of sp³-hybridized carbons (Fsp3) is 1.00. The van der Waals surface area contributed by atoms with Crippen LogP contribution in [0.5, 0.6) is 0 Å². The number of fused-ring (bicyclic) bond motifs is 5. The Labute approximate surface area is 186 Å². The molecule has 4 aliphatic rings. The third-order valence-electron chi connectivity index (χ3n) is 11.6. The second-order valence-corrected chi connectivity index (χ2v) is 13.2. The van der Waals surface area contributed by atoms with Crippen molar-refractivity contribution in [1.29, 1.82) is 0 Å². The fourth-order valence-electron chi connectivity index (χ4n) is 9.31. The van der Waals surface area contributed by atoms with Crippen molar-refractivity contribution in [2.75, 3.05) is 0 Å². The zero-order valence-electron chi connectivity index (χ0n) is 20.7. The SMILES string of the molecule is CC(C)[C@H](C)CC[C@@H](C)[C@H]1CC[C@H]2[C@@H]3C[C@@H](O)[C@H]4C[C@@H](O)CC[C@]4(C)[C@H]3CC[C@]12C. The molecule has 4 fully saturated rings. The summed E-state index contributed by atoms with van der Waals surface area (Å²) in [6.45, 7) is 14.8. The normalized spacial score (nSPS) is 50.5. The molecule has 0 aromatic heterocycles. The minimum atomic E-state index is -0.197. The zero-order chi connectivity index (χ0) is 21.8. The molecule has 0 heterocycles. The van der Waals surface area contributed by atoms with Crippen LogP contribution in [0, 0.1) is 58.2 Å². The van der Waals surface area contributed by atoms with Crippen LogP contribution in [0.15, 0.2) is 0 Å². The van der Waals surface area contributed by atoms with E-state index in [1.54, 1.807) is 0 Å². The first-order valence-electron chi connectivity index (χ1n) is 13.4. The number of rotatable bonds is 5. The molecule has 0 unspecified atom stereocenters. The van der Waals surface area contributed by atoms with Crippen molar-refractivity contribution in [1.82, 2.24) is 0 Å². The standard InChI is InChI=1S/C28H50O2/c1-17(2)18(3)7-8-19(4)22-9-10-23-21-16-26(30)25-15-20(29)11-13-28(25,6)24(21)12-14-27(22,23)5/h17-26,29-30H,7-16H2,1-6H3/t18-,19-,20+,21+,22-,23+,24+,25-,26-,27-,28-/m1/s1. The fourth-order valence-corrected chi connectivity index (χ4v) is 9.31. The van der Waals surface area contributed by atoms with Crippen molar-refractivity contribution < 1.29 is 10.2 Å². The Hall–Kier alpha value is -0.0800. The number of aliphatic hydroxyl groups is 2. The molecule has 2 nitrogen and oxygen atoms in total. The van der Waals surface area contributed by atoms with Crippen LogP contribution in [-0.2, 0) is 0 Å². The van der Waals surface area contributed by atoms with Crippen LogP contribution in [0.3, 0.4) is 0 Å². The van der Waals surface area contributed by atoms with Crippen molar-refractivity contribution in [3.63, 3.8) is 0 Å². The average Bonchev–Trinajstić information content (AvgIpc) is 3.04. The highest BCUT2D eigenvalue weighted by Crippen LogP contribution is 2.68. The lowest BCUT2D eigenvalue weighted by atomic mass is 9.43. The first-order valence-corrected chi connectivity index (χ1v) is 13.4. The van der Waals surface area contributed by atoms with Gasteiger partial charge < -0.3 is 10.2 Å². The van der Waals surface area contributed by atoms with Crippen molar-refractivity contribution in [2.24, 2.45) is 58.2 Å². The first kappa shape index (κ1) is 23.1. The van der Waals surface area contributed by atoms with E-state index in [0.29, 0.717) is 17.3 Å². The predicted octanol–water partition coefficient (Wildman–Crippen LogP) is 6.69. The molecule has 4 saturated carbocycles. The van der Waals surface area contributed by atoms with Gasteiger partial charge in [-0.05, 0) is 110 Å². The van der Waals surface area contributed by atoms with E-state index >= 15 is 0 Å². The molecule has 0 aromatic rings. The summed E-state index contributed by atoms with van der Waals surface area (Å²) >= 11 is 0. The highest BCUT2D eigenvalue weighted by atomic mass is 16.3. The minimum Gasteiger partial charge on any atom is -0.393 e. The number of aliphatic hydroxyl groups excluding tert-OH is 2. The quantitative estimate of drug-likeness (QED) is 0.522. The highest BCUT2D eigenvalue weighted by molar-refractivity contribution is 5.11. The van der Waals surface area contributed by atoms with Crippen LogP contribution in [0.4, 0.5) is 0 Å². The topological polar surface area (TPSA) is 40.5 Å². The van der Waals surface area contributed by atoms with Crippen molar-refractivity contribution in [2.45, 2.75) is 118 Å². The molecule has 2 N–H and O–H groups in total. The summed E-state index contributed by atoms with van der Waals surface area (Å²) in [5.74, 6) is 5.95. The van der Waals surface area contributed by atoms with E-state index in [0.717, 1.165) is 61.2 Å².